The van der Waals surface area contributed by atoms with Crippen LogP contribution in [-0.2, 0) is 4.74 Å². The van der Waals surface area contributed by atoms with Crippen molar-refractivity contribution in [3.63, 3.8) is 0 Å². The highest BCUT2D eigenvalue weighted by molar-refractivity contribution is 7.19. The first-order chi connectivity index (χ1) is 13.4. The van der Waals surface area contributed by atoms with Crippen LogP contribution in [0.3, 0.4) is 0 Å². The van der Waals surface area contributed by atoms with Crippen molar-refractivity contribution in [2.45, 2.75) is 0 Å². The molecule has 1 aliphatic rings. The van der Waals surface area contributed by atoms with Crippen LogP contribution in [0, 0.1) is 11.3 Å². The van der Waals surface area contributed by atoms with E-state index in [4.69, 9.17) is 27.9 Å². The number of nitriles is 1. The number of thiophene rings is 1. The first-order valence-electron chi connectivity index (χ1n) is 8.66. The molecule has 1 aliphatic heterocycles. The third-order valence-electron chi connectivity index (χ3n) is 4.25. The van der Waals surface area contributed by atoms with E-state index in [2.05, 4.69) is 11.0 Å². The highest BCUT2D eigenvalue weighted by Crippen LogP contribution is 2.45. The Labute approximate surface area is 178 Å². The fourth-order valence-electron chi connectivity index (χ4n) is 2.93. The summed E-state index contributed by atoms with van der Waals surface area (Å²) >= 11 is 13.8. The highest BCUT2D eigenvalue weighted by atomic mass is 35.5. The van der Waals surface area contributed by atoms with Gasteiger partial charge >= 0.3 is 0 Å². The molecule has 0 saturated carbocycles. The second-order valence-corrected chi connectivity index (χ2v) is 8.31. The normalized spacial score (nSPS) is 14.3. The first kappa shape index (κ1) is 20.7. The molecule has 146 valence electrons. The van der Waals surface area contributed by atoms with Gasteiger partial charge in [-0.15, -0.1) is 11.3 Å². The Bertz CT molecular complexity index is 957. The highest BCUT2D eigenvalue weighted by Gasteiger charge is 2.28. The largest absolute Gasteiger partial charge is 0.383 e. The molecule has 1 aromatic heterocycles. The van der Waals surface area contributed by atoms with Crippen LogP contribution in [-0.4, -0.2) is 51.1 Å². The molecule has 1 fully saturated rings. The molecule has 0 unspecified atom stereocenters. The Kier molecular flexibility index (Phi) is 6.63. The molecule has 0 amide bonds. The van der Waals surface area contributed by atoms with Crippen LogP contribution in [0.1, 0.15) is 15.2 Å². The maximum absolute atomic E-state index is 13.0. The zero-order chi connectivity index (χ0) is 20.3. The summed E-state index contributed by atoms with van der Waals surface area (Å²) in [6.07, 6.45) is 3.19. The number of allylic oxidation sites excluding steroid dienone is 1. The lowest BCUT2D eigenvalue weighted by Crippen LogP contribution is -2.36. The molecule has 2 aromatic rings. The summed E-state index contributed by atoms with van der Waals surface area (Å²) in [5.74, 6) is -0.171. The number of halogens is 2. The number of anilines is 1. The number of morpholine rings is 1. The molecular formula is C20H19Cl2N3O2S. The van der Waals surface area contributed by atoms with Crippen LogP contribution < -0.4 is 4.90 Å². The van der Waals surface area contributed by atoms with Crippen LogP contribution in [0.25, 0.3) is 11.1 Å². The molecule has 2 heterocycles. The van der Waals surface area contributed by atoms with Crippen LogP contribution in [0.4, 0.5) is 5.00 Å². The van der Waals surface area contributed by atoms with Crippen molar-refractivity contribution in [2.75, 3.05) is 45.3 Å². The third-order valence-corrected chi connectivity index (χ3v) is 6.06. The number of ether oxygens (including phenoxy) is 1. The molecule has 0 radical (unpaired) electrons. The average molecular weight is 436 g/mol. The van der Waals surface area contributed by atoms with Gasteiger partial charge in [0.15, 0.2) is 5.78 Å². The van der Waals surface area contributed by atoms with Crippen LogP contribution in [0.5, 0.6) is 0 Å². The lowest BCUT2D eigenvalue weighted by molar-refractivity contribution is 0.104. The van der Waals surface area contributed by atoms with Gasteiger partial charge in [0.1, 0.15) is 11.1 Å². The van der Waals surface area contributed by atoms with Crippen molar-refractivity contribution in [3.8, 4) is 17.2 Å². The van der Waals surface area contributed by atoms with E-state index < -0.39 is 0 Å². The van der Waals surface area contributed by atoms with Crippen LogP contribution >= 0.6 is 34.5 Å². The summed E-state index contributed by atoms with van der Waals surface area (Å²) < 4.78 is 5.42. The van der Waals surface area contributed by atoms with Crippen molar-refractivity contribution >= 4 is 45.3 Å². The summed E-state index contributed by atoms with van der Waals surface area (Å²) in [7, 11) is 3.68. The van der Waals surface area contributed by atoms with Crippen molar-refractivity contribution < 1.29 is 9.53 Å². The van der Waals surface area contributed by atoms with E-state index in [0.717, 1.165) is 5.00 Å². The van der Waals surface area contributed by atoms with E-state index in [1.54, 1.807) is 29.3 Å². The number of hydrogen-bond acceptors (Lipinski definition) is 6. The lowest BCUT2D eigenvalue weighted by Gasteiger charge is -2.27. The Balaban J connectivity index is 2.20. The number of hydrogen-bond donors (Lipinski definition) is 0. The van der Waals surface area contributed by atoms with Gasteiger partial charge in [-0.1, -0.05) is 29.3 Å². The molecule has 0 atom stereocenters. The van der Waals surface area contributed by atoms with Gasteiger partial charge < -0.3 is 14.5 Å². The van der Waals surface area contributed by atoms with Gasteiger partial charge in [0.2, 0.25) is 0 Å². The molecule has 8 heteroatoms. The average Bonchev–Trinajstić information content (AvgIpc) is 3.06. The Morgan fingerprint density at radius 3 is 2.64 bits per heavy atom. The zero-order valence-corrected chi connectivity index (χ0v) is 17.9. The van der Waals surface area contributed by atoms with E-state index in [9.17, 15) is 10.1 Å². The molecule has 0 aliphatic carbocycles. The van der Waals surface area contributed by atoms with Gasteiger partial charge in [0.05, 0.1) is 23.7 Å². The van der Waals surface area contributed by atoms with Crippen molar-refractivity contribution in [2.24, 2.45) is 0 Å². The number of carbonyl (C=O) groups excluding carboxylic acids is 1. The van der Waals surface area contributed by atoms with Gasteiger partial charge in [0, 0.05) is 60.6 Å². The van der Waals surface area contributed by atoms with Gasteiger partial charge in [-0.3, -0.25) is 4.79 Å². The minimum atomic E-state index is -0.171. The zero-order valence-electron chi connectivity index (χ0n) is 15.5. The monoisotopic (exact) mass is 435 g/mol. The van der Waals surface area contributed by atoms with Crippen molar-refractivity contribution in [1.29, 1.82) is 5.26 Å². The molecule has 3 rings (SSSR count). The number of nitrogens with zero attached hydrogens (tertiary/aromatic N) is 3. The Morgan fingerprint density at radius 1 is 1.32 bits per heavy atom. The van der Waals surface area contributed by atoms with E-state index in [0.29, 0.717) is 57.9 Å². The van der Waals surface area contributed by atoms with E-state index in [-0.39, 0.29) is 5.78 Å². The molecule has 5 nitrogen and oxygen atoms in total. The lowest BCUT2D eigenvalue weighted by atomic mass is 9.99. The summed E-state index contributed by atoms with van der Waals surface area (Å²) in [6.45, 7) is 2.52. The number of ketones is 1. The second kappa shape index (κ2) is 8.97. The Morgan fingerprint density at radius 2 is 2.04 bits per heavy atom. The van der Waals surface area contributed by atoms with Crippen LogP contribution in [0.15, 0.2) is 30.5 Å². The fraction of sp³-hybridized carbons (Fsp3) is 0.300. The summed E-state index contributed by atoms with van der Waals surface area (Å²) in [6, 6.07) is 7.37. The number of rotatable bonds is 5. The predicted octanol–water partition coefficient (Wildman–Crippen LogP) is 4.69. The Hall–Kier alpha value is -2.04. The summed E-state index contributed by atoms with van der Waals surface area (Å²) in [5.41, 5.74) is 1.64. The van der Waals surface area contributed by atoms with Crippen molar-refractivity contribution in [1.82, 2.24) is 4.90 Å². The summed E-state index contributed by atoms with van der Waals surface area (Å²) in [5, 5.41) is 11.6. The van der Waals surface area contributed by atoms with Crippen LogP contribution in [0.2, 0.25) is 10.0 Å². The maximum Gasteiger partial charge on any atom is 0.197 e. The topological polar surface area (TPSA) is 56.6 Å². The summed E-state index contributed by atoms with van der Waals surface area (Å²) in [4.78, 5) is 17.3. The fourth-order valence-corrected chi connectivity index (χ4v) is 4.67. The molecule has 0 bridgehead atoms. The number of carbonyl (C=O) groups is 1. The molecular weight excluding hydrogens is 417 g/mol. The van der Waals surface area contributed by atoms with Gasteiger partial charge in [-0.05, 0) is 12.1 Å². The molecule has 28 heavy (non-hydrogen) atoms. The maximum atomic E-state index is 13.0. The van der Waals surface area contributed by atoms with E-state index >= 15 is 0 Å². The SMILES string of the molecule is CN(C)/C=C/C(=O)c1sc(N2CCOCC2)c(C#N)c1-c1ccc(Cl)cc1Cl. The standard InChI is InChI=1S/C20H19Cl2N3O2S/c1-24(2)6-5-17(26)19-18(14-4-3-13(21)11-16(14)22)15(12-23)20(28-19)25-7-9-27-10-8-25/h3-6,11H,7-10H2,1-2H3/b6-5+. The molecule has 0 spiro atoms. The molecule has 1 aromatic carbocycles. The van der Waals surface area contributed by atoms with Gasteiger partial charge in [0.25, 0.3) is 0 Å². The molecule has 0 N–H and O–H groups in total. The van der Waals surface area contributed by atoms with Crippen molar-refractivity contribution in [3.05, 3.63) is 51.0 Å². The third kappa shape index (κ3) is 4.34. The van der Waals surface area contributed by atoms with Gasteiger partial charge in [-0.2, -0.15) is 5.26 Å². The number of benzene rings is 1. The van der Waals surface area contributed by atoms with E-state index in [1.165, 1.54) is 17.4 Å². The predicted molar refractivity (Wildman–Crippen MR) is 115 cm³/mol. The minimum absolute atomic E-state index is 0.171. The minimum Gasteiger partial charge on any atom is -0.383 e. The van der Waals surface area contributed by atoms with E-state index in [1.807, 2.05) is 14.1 Å². The quantitative estimate of drug-likeness (QED) is 0.503. The smallest absolute Gasteiger partial charge is 0.197 e. The molecule has 1 saturated heterocycles. The first-order valence-corrected chi connectivity index (χ1v) is 10.2. The second-order valence-electron chi connectivity index (χ2n) is 6.47. The van der Waals surface area contributed by atoms with Gasteiger partial charge in [-0.25, -0.2) is 0 Å².